The standard InChI is InChI=1S/C33H35ClF5N5O6/c1-48-32(47)44-29(28(19-8-10-21(34)11-9-19)20-4-2-5-22(35)12-20)30(45)43-27-15-40-14-26(36)25(27)7-3-6-24-13-41-23(16-49-24)17-50-31(46)42-18-33(37,38)39/h2,4-5,8-12,14-15,23-24,28-29,41H,3,6-7,13,16-18H2,1H3,(H,42,46)(H,43,45)(H,44,47)/t23-,24+,28-,29-/m0/s1. The lowest BCUT2D eigenvalue weighted by molar-refractivity contribution is -0.124. The van der Waals surface area contributed by atoms with Crippen molar-refractivity contribution in [3.8, 4) is 0 Å². The van der Waals surface area contributed by atoms with E-state index in [9.17, 15) is 31.9 Å². The number of nitrogens with one attached hydrogen (secondary N) is 4. The predicted octanol–water partition coefficient (Wildman–Crippen LogP) is 5.48. The summed E-state index contributed by atoms with van der Waals surface area (Å²) < 4.78 is 81.6. The van der Waals surface area contributed by atoms with Crippen LogP contribution in [0.25, 0.3) is 0 Å². The molecule has 2 aromatic carbocycles. The van der Waals surface area contributed by atoms with Crippen LogP contribution in [0.5, 0.6) is 0 Å². The number of carbonyl (C=O) groups is 3. The Hall–Kier alpha value is -4.54. The van der Waals surface area contributed by atoms with Gasteiger partial charge in [0.1, 0.15) is 30.8 Å². The predicted molar refractivity (Wildman–Crippen MR) is 172 cm³/mol. The van der Waals surface area contributed by atoms with Crippen molar-refractivity contribution in [3.05, 3.63) is 94.3 Å². The van der Waals surface area contributed by atoms with E-state index < -0.39 is 60.5 Å². The Morgan fingerprint density at radius 1 is 1.08 bits per heavy atom. The second-order valence-electron chi connectivity index (χ2n) is 11.4. The first-order valence-corrected chi connectivity index (χ1v) is 15.8. The lowest BCUT2D eigenvalue weighted by atomic mass is 9.84. The minimum atomic E-state index is -4.56. The molecule has 1 aliphatic rings. The maximum atomic E-state index is 15.1. The van der Waals surface area contributed by atoms with Crippen molar-refractivity contribution in [3.63, 3.8) is 0 Å². The second kappa shape index (κ2) is 17.9. The van der Waals surface area contributed by atoms with Crippen molar-refractivity contribution in [1.82, 2.24) is 20.9 Å². The number of ether oxygens (including phenoxy) is 3. The molecule has 1 saturated heterocycles. The number of anilines is 1. The minimum Gasteiger partial charge on any atom is -0.453 e. The number of hydrogen-bond acceptors (Lipinski definition) is 8. The van der Waals surface area contributed by atoms with E-state index in [0.29, 0.717) is 35.5 Å². The quantitative estimate of drug-likeness (QED) is 0.170. The molecule has 0 radical (unpaired) electrons. The first kappa shape index (κ1) is 38.3. The number of pyridine rings is 1. The number of alkyl halides is 3. The van der Waals surface area contributed by atoms with E-state index in [0.717, 1.165) is 13.3 Å². The van der Waals surface area contributed by atoms with Crippen LogP contribution in [0.4, 0.5) is 37.2 Å². The molecule has 50 heavy (non-hydrogen) atoms. The first-order chi connectivity index (χ1) is 23.8. The molecule has 4 atom stereocenters. The van der Waals surface area contributed by atoms with Crippen LogP contribution < -0.4 is 21.3 Å². The van der Waals surface area contributed by atoms with E-state index >= 15 is 4.39 Å². The lowest BCUT2D eigenvalue weighted by Gasteiger charge is -2.30. The maximum Gasteiger partial charge on any atom is 0.407 e. The highest BCUT2D eigenvalue weighted by Gasteiger charge is 2.34. The number of halogens is 6. The molecule has 1 aromatic heterocycles. The monoisotopic (exact) mass is 727 g/mol. The normalized spacial score (nSPS) is 17.3. The minimum absolute atomic E-state index is 0.0597. The van der Waals surface area contributed by atoms with Gasteiger partial charge in [-0.3, -0.25) is 9.78 Å². The van der Waals surface area contributed by atoms with Crippen molar-refractivity contribution in [2.75, 3.05) is 38.7 Å². The van der Waals surface area contributed by atoms with Crippen molar-refractivity contribution < 1.29 is 50.5 Å². The van der Waals surface area contributed by atoms with E-state index in [2.05, 4.69) is 20.9 Å². The van der Waals surface area contributed by atoms with Crippen molar-refractivity contribution in [2.45, 2.75) is 49.5 Å². The summed E-state index contributed by atoms with van der Waals surface area (Å²) in [5.74, 6) is -2.92. The van der Waals surface area contributed by atoms with Crippen LogP contribution in [-0.2, 0) is 25.4 Å². The van der Waals surface area contributed by atoms with Gasteiger partial charge in [0, 0.05) is 23.0 Å². The van der Waals surface area contributed by atoms with Crippen molar-refractivity contribution in [2.24, 2.45) is 0 Å². The van der Waals surface area contributed by atoms with E-state index in [1.165, 1.54) is 24.4 Å². The molecule has 1 fully saturated rings. The van der Waals surface area contributed by atoms with Crippen LogP contribution in [-0.4, -0.2) is 80.9 Å². The van der Waals surface area contributed by atoms with Crippen LogP contribution >= 0.6 is 11.6 Å². The van der Waals surface area contributed by atoms with Gasteiger partial charge in [0.15, 0.2) is 0 Å². The molecule has 11 nitrogen and oxygen atoms in total. The maximum absolute atomic E-state index is 15.1. The molecule has 2 heterocycles. The van der Waals surface area contributed by atoms with Gasteiger partial charge in [-0.2, -0.15) is 13.2 Å². The number of carbonyl (C=O) groups excluding carboxylic acids is 3. The fourth-order valence-corrected chi connectivity index (χ4v) is 5.46. The Labute approximate surface area is 289 Å². The van der Waals surface area contributed by atoms with Gasteiger partial charge in [-0.05, 0) is 54.7 Å². The average molecular weight is 728 g/mol. The molecule has 3 amide bonds. The van der Waals surface area contributed by atoms with E-state index in [4.69, 9.17) is 25.8 Å². The molecule has 4 N–H and O–H groups in total. The van der Waals surface area contributed by atoms with Gasteiger partial charge in [-0.25, -0.2) is 18.4 Å². The first-order valence-electron chi connectivity index (χ1n) is 15.4. The number of rotatable bonds is 13. The van der Waals surface area contributed by atoms with Gasteiger partial charge in [-0.1, -0.05) is 35.9 Å². The second-order valence-corrected chi connectivity index (χ2v) is 11.8. The van der Waals surface area contributed by atoms with Crippen LogP contribution in [0.3, 0.4) is 0 Å². The van der Waals surface area contributed by atoms with Gasteiger partial charge in [0.05, 0.1) is 43.9 Å². The van der Waals surface area contributed by atoms with Crippen LogP contribution in [0.1, 0.15) is 35.4 Å². The SMILES string of the molecule is COC(=O)N[C@H](C(=O)Nc1cncc(F)c1CCC[C@@H]1CN[C@H](COC(=O)NCC(F)(F)F)CO1)[C@@H](c1ccc(Cl)cc1)c1cccc(F)c1. The zero-order valence-corrected chi connectivity index (χ0v) is 27.5. The number of morpholine rings is 1. The highest BCUT2D eigenvalue weighted by atomic mass is 35.5. The molecule has 1 aliphatic heterocycles. The van der Waals surface area contributed by atoms with E-state index in [-0.39, 0.29) is 37.0 Å². The van der Waals surface area contributed by atoms with Gasteiger partial charge in [0.25, 0.3) is 0 Å². The molecule has 0 unspecified atom stereocenters. The fourth-order valence-electron chi connectivity index (χ4n) is 5.33. The van der Waals surface area contributed by atoms with Crippen LogP contribution in [0.15, 0.2) is 60.9 Å². The van der Waals surface area contributed by atoms with E-state index in [1.54, 1.807) is 35.6 Å². The van der Waals surface area contributed by atoms with E-state index in [1.807, 2.05) is 0 Å². The summed E-state index contributed by atoms with van der Waals surface area (Å²) in [7, 11) is 1.12. The largest absolute Gasteiger partial charge is 0.453 e. The third kappa shape index (κ3) is 11.5. The number of hydrogen-bond donors (Lipinski definition) is 4. The third-order valence-electron chi connectivity index (χ3n) is 7.74. The molecule has 0 saturated carbocycles. The van der Waals surface area contributed by atoms with Crippen molar-refractivity contribution >= 4 is 35.4 Å². The molecular weight excluding hydrogens is 693 g/mol. The summed E-state index contributed by atoms with van der Waals surface area (Å²) >= 11 is 6.09. The number of methoxy groups -OCH3 is 1. The number of amides is 3. The number of nitrogens with zero attached hydrogens (tertiary/aromatic N) is 1. The Bertz CT molecular complexity index is 1610. The van der Waals surface area contributed by atoms with Gasteiger partial charge >= 0.3 is 18.4 Å². The molecule has 0 spiro atoms. The van der Waals surface area contributed by atoms with Gasteiger partial charge in [-0.15, -0.1) is 0 Å². The lowest BCUT2D eigenvalue weighted by Crippen LogP contribution is -2.49. The topological polar surface area (TPSA) is 140 Å². The molecule has 17 heteroatoms. The zero-order valence-electron chi connectivity index (χ0n) is 26.7. The number of benzene rings is 2. The Morgan fingerprint density at radius 3 is 2.50 bits per heavy atom. The molecule has 4 rings (SSSR count). The van der Waals surface area contributed by atoms with Gasteiger partial charge < -0.3 is 35.5 Å². The molecule has 0 aliphatic carbocycles. The average Bonchev–Trinajstić information content (AvgIpc) is 3.08. The molecule has 270 valence electrons. The molecular formula is C33H35ClF5N5O6. The third-order valence-corrected chi connectivity index (χ3v) is 8.00. The Kier molecular flexibility index (Phi) is 13.7. The summed E-state index contributed by atoms with van der Waals surface area (Å²) in [6, 6.07) is 10.2. The number of aromatic nitrogens is 1. The Morgan fingerprint density at radius 2 is 1.84 bits per heavy atom. The molecule has 0 bridgehead atoms. The van der Waals surface area contributed by atoms with Crippen molar-refractivity contribution in [1.29, 1.82) is 0 Å². The number of alkyl carbamates (subject to hydrolysis) is 2. The highest BCUT2D eigenvalue weighted by molar-refractivity contribution is 6.30. The zero-order chi connectivity index (χ0) is 36.3. The smallest absolute Gasteiger partial charge is 0.407 e. The van der Waals surface area contributed by atoms with Crippen LogP contribution in [0.2, 0.25) is 5.02 Å². The highest BCUT2D eigenvalue weighted by Crippen LogP contribution is 2.31. The Balaban J connectivity index is 1.41. The molecule has 3 aromatic rings. The fraction of sp³-hybridized carbons (Fsp3) is 0.394. The van der Waals surface area contributed by atoms with Crippen LogP contribution in [0, 0.1) is 11.6 Å². The summed E-state index contributed by atoms with van der Waals surface area (Å²) in [6.45, 7) is -1.24. The summed E-state index contributed by atoms with van der Waals surface area (Å²) in [4.78, 5) is 41.8. The summed E-state index contributed by atoms with van der Waals surface area (Å²) in [6.07, 6.45) is -3.66. The summed E-state index contributed by atoms with van der Waals surface area (Å²) in [5.41, 5.74) is 1.10. The summed E-state index contributed by atoms with van der Waals surface area (Å²) in [5, 5.41) is 10.3. The van der Waals surface area contributed by atoms with Gasteiger partial charge in [0.2, 0.25) is 5.91 Å².